The van der Waals surface area contributed by atoms with E-state index < -0.39 is 18.1 Å². The molecule has 6 nitrogen and oxygen atoms in total. The largest absolute Gasteiger partial charge is 0.480 e. The molecule has 1 amide bonds. The van der Waals surface area contributed by atoms with E-state index in [1.165, 1.54) is 0 Å². The first-order valence-corrected chi connectivity index (χ1v) is 9.97. The number of hydrogen-bond donors (Lipinski definition) is 2. The van der Waals surface area contributed by atoms with Crippen molar-refractivity contribution in [1.29, 1.82) is 0 Å². The molecule has 0 unspecified atom stereocenters. The Kier molecular flexibility index (Phi) is 5.80. The van der Waals surface area contributed by atoms with Crippen LogP contribution in [0, 0.1) is 0 Å². The van der Waals surface area contributed by atoms with Gasteiger partial charge in [-0.05, 0) is 22.3 Å². The van der Waals surface area contributed by atoms with Crippen molar-refractivity contribution < 1.29 is 24.2 Å². The fourth-order valence-electron chi connectivity index (χ4n) is 3.91. The molecule has 4 rings (SSSR count). The van der Waals surface area contributed by atoms with E-state index in [0.29, 0.717) is 5.56 Å². The van der Waals surface area contributed by atoms with Crippen LogP contribution in [0.1, 0.15) is 33.8 Å². The molecular formula is C25H21NO5. The molecule has 6 heteroatoms. The van der Waals surface area contributed by atoms with Crippen LogP contribution in [0.15, 0.2) is 78.9 Å². The third-order valence-electron chi connectivity index (χ3n) is 5.42. The highest BCUT2D eigenvalue weighted by Gasteiger charge is 2.30. The quantitative estimate of drug-likeness (QED) is 0.563. The molecule has 0 saturated carbocycles. The second-order valence-corrected chi connectivity index (χ2v) is 7.35. The van der Waals surface area contributed by atoms with Gasteiger partial charge >= 0.3 is 12.1 Å². The van der Waals surface area contributed by atoms with Gasteiger partial charge in [-0.2, -0.15) is 0 Å². The number of amides is 1. The Labute approximate surface area is 179 Å². The second kappa shape index (κ2) is 8.83. The summed E-state index contributed by atoms with van der Waals surface area (Å²) >= 11 is 0. The van der Waals surface area contributed by atoms with Gasteiger partial charge in [-0.1, -0.05) is 78.9 Å². The maximum absolute atomic E-state index is 12.3. The number of carbonyl (C=O) groups is 3. The lowest BCUT2D eigenvalue weighted by Gasteiger charge is -2.17. The van der Waals surface area contributed by atoms with E-state index in [1.807, 2.05) is 48.5 Å². The highest BCUT2D eigenvalue weighted by molar-refractivity contribution is 5.99. The van der Waals surface area contributed by atoms with Crippen molar-refractivity contribution in [2.24, 2.45) is 0 Å². The molecule has 0 saturated heterocycles. The molecule has 31 heavy (non-hydrogen) atoms. The molecule has 3 aromatic rings. The summed E-state index contributed by atoms with van der Waals surface area (Å²) in [4.78, 5) is 36.2. The van der Waals surface area contributed by atoms with Crippen LogP contribution in [-0.4, -0.2) is 35.6 Å². The van der Waals surface area contributed by atoms with Crippen LogP contribution >= 0.6 is 0 Å². The Morgan fingerprint density at radius 3 is 1.97 bits per heavy atom. The Balaban J connectivity index is 1.41. The fourth-order valence-corrected chi connectivity index (χ4v) is 3.91. The van der Waals surface area contributed by atoms with Crippen molar-refractivity contribution in [3.8, 4) is 11.1 Å². The summed E-state index contributed by atoms with van der Waals surface area (Å²) in [7, 11) is 0. The number of carboxylic acids is 1. The number of nitrogens with one attached hydrogen (secondary N) is 1. The van der Waals surface area contributed by atoms with Gasteiger partial charge < -0.3 is 15.2 Å². The van der Waals surface area contributed by atoms with Gasteiger partial charge in [0.15, 0.2) is 5.78 Å². The lowest BCUT2D eigenvalue weighted by Crippen LogP contribution is -2.42. The monoisotopic (exact) mass is 415 g/mol. The SMILES string of the molecule is O=C(N[C@H](CC(=O)c1ccccc1)C(=O)O)OCC1c2ccccc2-c2ccccc21. The predicted molar refractivity (Wildman–Crippen MR) is 115 cm³/mol. The summed E-state index contributed by atoms with van der Waals surface area (Å²) in [5.74, 6) is -1.79. The van der Waals surface area contributed by atoms with E-state index in [-0.39, 0.29) is 24.7 Å². The fraction of sp³-hybridized carbons (Fsp3) is 0.160. The van der Waals surface area contributed by atoms with Crippen molar-refractivity contribution in [3.05, 3.63) is 95.6 Å². The molecule has 0 heterocycles. The standard InChI is InChI=1S/C25H21NO5/c27-23(16-8-2-1-3-9-16)14-22(24(28)29)26-25(30)31-15-21-19-12-6-4-10-17(19)18-11-5-7-13-20(18)21/h1-13,21-22H,14-15H2,(H,26,30)(H,28,29)/t22-/m1/s1. The Bertz CT molecular complexity index is 1080. The van der Waals surface area contributed by atoms with Crippen LogP contribution in [0.2, 0.25) is 0 Å². The van der Waals surface area contributed by atoms with Crippen LogP contribution in [-0.2, 0) is 9.53 Å². The van der Waals surface area contributed by atoms with Crippen LogP contribution in [0.5, 0.6) is 0 Å². The number of alkyl carbamates (subject to hydrolysis) is 1. The van der Waals surface area contributed by atoms with Crippen molar-refractivity contribution in [2.75, 3.05) is 6.61 Å². The zero-order valence-electron chi connectivity index (χ0n) is 16.7. The van der Waals surface area contributed by atoms with Crippen molar-refractivity contribution in [3.63, 3.8) is 0 Å². The number of carboxylic acid groups (broad SMARTS) is 1. The average molecular weight is 415 g/mol. The minimum atomic E-state index is -1.37. The summed E-state index contributed by atoms with van der Waals surface area (Å²) in [6.07, 6.45) is -1.22. The molecule has 1 aliphatic rings. The van der Waals surface area contributed by atoms with E-state index in [2.05, 4.69) is 5.32 Å². The number of rotatable bonds is 7. The van der Waals surface area contributed by atoms with E-state index in [4.69, 9.17) is 4.74 Å². The number of Topliss-reactive ketones (excluding diaryl/α,β-unsaturated/α-hetero) is 1. The van der Waals surface area contributed by atoms with E-state index >= 15 is 0 Å². The van der Waals surface area contributed by atoms with Crippen LogP contribution < -0.4 is 5.32 Å². The topological polar surface area (TPSA) is 92.7 Å². The Hall–Kier alpha value is -3.93. The normalized spacial score (nSPS) is 13.0. The first-order chi connectivity index (χ1) is 15.0. The van der Waals surface area contributed by atoms with Crippen LogP contribution in [0.4, 0.5) is 4.79 Å². The Morgan fingerprint density at radius 1 is 0.839 bits per heavy atom. The number of fused-ring (bicyclic) bond motifs is 3. The molecular weight excluding hydrogens is 394 g/mol. The van der Waals surface area contributed by atoms with Gasteiger partial charge in [0.2, 0.25) is 0 Å². The molecule has 1 aliphatic carbocycles. The van der Waals surface area contributed by atoms with Gasteiger partial charge in [0.1, 0.15) is 12.6 Å². The lowest BCUT2D eigenvalue weighted by molar-refractivity contribution is -0.139. The van der Waals surface area contributed by atoms with Crippen LogP contribution in [0.25, 0.3) is 11.1 Å². The van der Waals surface area contributed by atoms with Gasteiger partial charge in [-0.15, -0.1) is 0 Å². The summed E-state index contributed by atoms with van der Waals surface area (Å²) in [6, 6.07) is 22.9. The minimum Gasteiger partial charge on any atom is -0.480 e. The molecule has 3 aromatic carbocycles. The summed E-state index contributed by atoms with van der Waals surface area (Å²) in [5.41, 5.74) is 4.71. The third-order valence-corrected chi connectivity index (χ3v) is 5.42. The highest BCUT2D eigenvalue weighted by atomic mass is 16.5. The second-order valence-electron chi connectivity index (χ2n) is 7.35. The maximum Gasteiger partial charge on any atom is 0.407 e. The number of benzene rings is 3. The molecule has 0 aromatic heterocycles. The Morgan fingerprint density at radius 2 is 1.39 bits per heavy atom. The van der Waals surface area contributed by atoms with Gasteiger partial charge in [0.05, 0.1) is 0 Å². The number of ketones is 1. The minimum absolute atomic E-state index is 0.0683. The molecule has 2 N–H and O–H groups in total. The van der Waals surface area contributed by atoms with Gasteiger partial charge in [-0.25, -0.2) is 9.59 Å². The number of ether oxygens (including phenoxy) is 1. The van der Waals surface area contributed by atoms with Crippen molar-refractivity contribution >= 4 is 17.8 Å². The number of carbonyl (C=O) groups excluding carboxylic acids is 2. The van der Waals surface area contributed by atoms with E-state index in [9.17, 15) is 19.5 Å². The van der Waals surface area contributed by atoms with E-state index in [0.717, 1.165) is 22.3 Å². The lowest BCUT2D eigenvalue weighted by atomic mass is 9.98. The number of aliphatic carboxylic acids is 1. The first-order valence-electron chi connectivity index (χ1n) is 9.97. The zero-order chi connectivity index (χ0) is 21.8. The van der Waals surface area contributed by atoms with Gasteiger partial charge in [0, 0.05) is 17.9 Å². The molecule has 0 fully saturated rings. The molecule has 1 atom stereocenters. The molecule has 0 radical (unpaired) electrons. The van der Waals surface area contributed by atoms with Crippen molar-refractivity contribution in [2.45, 2.75) is 18.4 Å². The summed E-state index contributed by atoms with van der Waals surface area (Å²) in [6.45, 7) is 0.0683. The first kappa shape index (κ1) is 20.3. The van der Waals surface area contributed by atoms with Crippen LogP contribution in [0.3, 0.4) is 0 Å². The number of hydrogen-bond acceptors (Lipinski definition) is 4. The molecule has 0 spiro atoms. The van der Waals surface area contributed by atoms with Gasteiger partial charge in [-0.3, -0.25) is 4.79 Å². The van der Waals surface area contributed by atoms with E-state index in [1.54, 1.807) is 30.3 Å². The third kappa shape index (κ3) is 4.33. The smallest absolute Gasteiger partial charge is 0.407 e. The predicted octanol–water partition coefficient (Wildman–Crippen LogP) is 4.25. The molecule has 0 bridgehead atoms. The summed E-state index contributed by atoms with van der Waals surface area (Å²) < 4.78 is 5.38. The molecule has 0 aliphatic heterocycles. The zero-order valence-corrected chi connectivity index (χ0v) is 16.7. The maximum atomic E-state index is 12.3. The highest BCUT2D eigenvalue weighted by Crippen LogP contribution is 2.44. The van der Waals surface area contributed by atoms with Crippen molar-refractivity contribution in [1.82, 2.24) is 5.32 Å². The summed E-state index contributed by atoms with van der Waals surface area (Å²) in [5, 5.41) is 11.7. The molecule has 156 valence electrons. The van der Waals surface area contributed by atoms with Gasteiger partial charge in [0.25, 0.3) is 0 Å². The average Bonchev–Trinajstić information content (AvgIpc) is 3.11.